The first-order chi connectivity index (χ1) is 28.7. The van der Waals surface area contributed by atoms with Gasteiger partial charge in [-0.3, -0.25) is 9.59 Å². The van der Waals surface area contributed by atoms with E-state index in [0.29, 0.717) is 42.9 Å². The van der Waals surface area contributed by atoms with E-state index in [-0.39, 0.29) is 59.5 Å². The Morgan fingerprint density at radius 1 is 0.667 bits per heavy atom. The third-order valence-electron chi connectivity index (χ3n) is 13.0. The van der Waals surface area contributed by atoms with E-state index >= 15 is 0 Å². The Bertz CT molecular complexity index is 2230. The van der Waals surface area contributed by atoms with Crippen LogP contribution in [0.3, 0.4) is 0 Å². The first-order valence-electron chi connectivity index (χ1n) is 21.2. The molecule has 1 saturated heterocycles. The Balaban J connectivity index is 0.000000172. The Morgan fingerprint density at radius 3 is 1.57 bits per heavy atom. The normalized spacial score (nSPS) is 25.1. The van der Waals surface area contributed by atoms with E-state index in [9.17, 15) is 18.4 Å². The van der Waals surface area contributed by atoms with E-state index in [4.69, 9.17) is 28.3 Å². The number of benzene rings is 4. The number of carbonyl (C=O) groups is 2. The minimum Gasteiger partial charge on any atom is -0.486 e. The van der Waals surface area contributed by atoms with Gasteiger partial charge in [-0.25, -0.2) is 8.78 Å². The predicted octanol–water partition coefficient (Wildman–Crippen LogP) is 10.2. The number of hydrogen-bond acceptors (Lipinski definition) is 8. The van der Waals surface area contributed by atoms with Crippen LogP contribution in [0.4, 0.5) is 8.78 Å². The lowest BCUT2D eigenvalue weighted by atomic mass is 9.75. The molecule has 60 heavy (non-hydrogen) atoms. The summed E-state index contributed by atoms with van der Waals surface area (Å²) in [7, 11) is -0.525. The predicted molar refractivity (Wildman–Crippen MR) is 227 cm³/mol. The van der Waals surface area contributed by atoms with Crippen LogP contribution in [0, 0.1) is 23.5 Å². The molecule has 0 bridgehead atoms. The van der Waals surface area contributed by atoms with Crippen molar-refractivity contribution in [3.05, 3.63) is 122 Å². The summed E-state index contributed by atoms with van der Waals surface area (Å²) in [6.07, 6.45) is 4.01. The van der Waals surface area contributed by atoms with E-state index in [0.717, 1.165) is 63.6 Å². The molecule has 0 N–H and O–H groups in total. The van der Waals surface area contributed by atoms with Crippen LogP contribution in [-0.4, -0.2) is 43.5 Å². The molecule has 4 aliphatic carbocycles. The van der Waals surface area contributed by atoms with Crippen LogP contribution >= 0.6 is 15.9 Å². The molecule has 0 radical (unpaired) electrons. The molecule has 1 heterocycles. The van der Waals surface area contributed by atoms with Gasteiger partial charge in [0.1, 0.15) is 35.3 Å². The maximum absolute atomic E-state index is 15.0. The lowest BCUT2D eigenvalue weighted by Crippen LogP contribution is -2.41. The Kier molecular flexibility index (Phi) is 11.9. The minimum absolute atomic E-state index is 0.0186. The number of fused-ring (bicyclic) bond motifs is 2. The van der Waals surface area contributed by atoms with Gasteiger partial charge < -0.3 is 28.3 Å². The minimum atomic E-state index is -0.525. The number of ether oxygens (including phenoxy) is 4. The van der Waals surface area contributed by atoms with Crippen molar-refractivity contribution in [1.82, 2.24) is 0 Å². The summed E-state index contributed by atoms with van der Waals surface area (Å²) in [4.78, 5) is 23.7. The third-order valence-corrected chi connectivity index (χ3v) is 13.7. The van der Waals surface area contributed by atoms with E-state index in [1.54, 1.807) is 12.1 Å². The molecular formula is C48H52BBrF2O8. The average molecular weight is 886 g/mol. The van der Waals surface area contributed by atoms with E-state index in [1.165, 1.54) is 12.1 Å². The zero-order valence-electron chi connectivity index (χ0n) is 35.0. The summed E-state index contributed by atoms with van der Waals surface area (Å²) in [5, 5.41) is 0. The van der Waals surface area contributed by atoms with Gasteiger partial charge in [0.2, 0.25) is 0 Å². The number of esters is 2. The number of halogens is 3. The zero-order chi connectivity index (χ0) is 42.5. The van der Waals surface area contributed by atoms with Gasteiger partial charge in [0.25, 0.3) is 0 Å². The fourth-order valence-corrected chi connectivity index (χ4v) is 9.36. The topological polar surface area (TPSA) is 89.5 Å². The molecular weight excluding hydrogens is 833 g/mol. The molecule has 5 aliphatic rings. The number of rotatable bonds is 11. The lowest BCUT2D eigenvalue weighted by Gasteiger charge is -2.32. The summed E-state index contributed by atoms with van der Waals surface area (Å²) in [6.45, 7) is 12.5. The van der Waals surface area contributed by atoms with Gasteiger partial charge in [-0.1, -0.05) is 46.3 Å². The van der Waals surface area contributed by atoms with E-state index in [1.807, 2.05) is 90.1 Å². The van der Waals surface area contributed by atoms with Crippen LogP contribution in [0.1, 0.15) is 125 Å². The first kappa shape index (κ1) is 42.4. The molecule has 9 rings (SSSR count). The second kappa shape index (κ2) is 16.9. The highest BCUT2D eigenvalue weighted by molar-refractivity contribution is 9.10. The van der Waals surface area contributed by atoms with Crippen LogP contribution in [-0.2, 0) is 41.2 Å². The summed E-state index contributed by atoms with van der Waals surface area (Å²) >= 11 is 3.50. The van der Waals surface area contributed by atoms with Crippen LogP contribution < -0.4 is 14.9 Å². The number of carbonyl (C=O) groups excluding carboxylic acids is 2. The number of hydrogen-bond donors (Lipinski definition) is 0. The highest BCUT2D eigenvalue weighted by atomic mass is 79.9. The van der Waals surface area contributed by atoms with Gasteiger partial charge in [0.15, 0.2) is 0 Å². The smallest absolute Gasteiger partial charge is 0.486 e. The summed E-state index contributed by atoms with van der Waals surface area (Å²) in [6, 6.07) is 22.1. The molecule has 6 atom stereocenters. The van der Waals surface area contributed by atoms with Crippen molar-refractivity contribution in [3.63, 3.8) is 0 Å². The van der Waals surface area contributed by atoms with Gasteiger partial charge in [0, 0.05) is 15.6 Å². The average Bonchev–Trinajstić information content (AvgIpc) is 4.09. The molecule has 0 aromatic heterocycles. The molecule has 12 heteroatoms. The fourth-order valence-electron chi connectivity index (χ4n) is 8.82. The zero-order valence-corrected chi connectivity index (χ0v) is 36.6. The molecule has 2 saturated carbocycles. The van der Waals surface area contributed by atoms with Gasteiger partial charge >= 0.3 is 19.1 Å². The molecule has 1 aliphatic heterocycles. The summed E-state index contributed by atoms with van der Waals surface area (Å²) in [5.41, 5.74) is 5.38. The fraction of sp³-hybridized carbons (Fsp3) is 0.458. The van der Waals surface area contributed by atoms with Crippen molar-refractivity contribution in [2.24, 2.45) is 11.8 Å². The summed E-state index contributed by atoms with van der Waals surface area (Å²) < 4.78 is 65.1. The SMILES string of the molecule is CCOC(=O)C1CC1c1ccc(O[C@@H]2CCc3c(B4OC(C)(C)C(C)(C)O4)ccc(F)c32)cc1.CCOC(=O)C1CC1c1ccc(O[C@@H]2CCc3c(Br)ccc(F)c32)cc1. The molecule has 4 unspecified atom stereocenters. The van der Waals surface area contributed by atoms with Crippen LogP contribution in [0.25, 0.3) is 0 Å². The summed E-state index contributed by atoms with van der Waals surface area (Å²) in [5.74, 6) is 1.09. The van der Waals surface area contributed by atoms with Crippen molar-refractivity contribution < 1.29 is 46.6 Å². The molecule has 4 aromatic carbocycles. The van der Waals surface area contributed by atoms with Crippen molar-refractivity contribution in [2.45, 2.75) is 115 Å². The highest BCUT2D eigenvalue weighted by Crippen LogP contribution is 2.50. The molecule has 316 valence electrons. The standard InChI is InChI=1S/C27H32BFO5.C21H20BrFO3/c1-6-31-25(30)20-15-19(20)16-7-9-17(10-8-16)32-23-14-11-18-21(12-13-22(29)24(18)23)28-33-26(2,3)27(4,5)34-28;1-2-25-21(24)16-11-15(16)12-3-5-13(6-4-12)26-19-10-7-14-17(22)8-9-18(23)20(14)19/h7-10,12-13,19-20,23H,6,11,14-15H2,1-5H3;3-6,8-9,15-16,19H,2,7,10-11H2,1H3/t19?,20?,23-;15?,16?,19-/m11/s1. The van der Waals surface area contributed by atoms with Crippen LogP contribution in [0.2, 0.25) is 0 Å². The van der Waals surface area contributed by atoms with E-state index in [2.05, 4.69) is 15.9 Å². The molecule has 0 amide bonds. The molecule has 3 fully saturated rings. The van der Waals surface area contributed by atoms with E-state index < -0.39 is 18.3 Å². The maximum Gasteiger partial charge on any atom is 0.495 e. The second-order valence-electron chi connectivity index (χ2n) is 17.4. The molecule has 4 aromatic rings. The molecule has 8 nitrogen and oxygen atoms in total. The van der Waals surface area contributed by atoms with Crippen molar-refractivity contribution in [1.29, 1.82) is 0 Å². The Morgan fingerprint density at radius 2 is 1.10 bits per heavy atom. The Hall–Kier alpha value is -4.26. The third kappa shape index (κ3) is 8.49. The van der Waals surface area contributed by atoms with Crippen molar-refractivity contribution >= 4 is 40.4 Å². The largest absolute Gasteiger partial charge is 0.495 e. The monoisotopic (exact) mass is 884 g/mol. The first-order valence-corrected chi connectivity index (χ1v) is 22.0. The quantitative estimate of drug-likeness (QED) is 0.109. The van der Waals surface area contributed by atoms with Gasteiger partial charge in [-0.05, 0) is 162 Å². The highest BCUT2D eigenvalue weighted by Gasteiger charge is 2.53. The maximum atomic E-state index is 15.0. The second-order valence-corrected chi connectivity index (χ2v) is 18.2. The van der Waals surface area contributed by atoms with Crippen molar-refractivity contribution in [3.8, 4) is 11.5 Å². The van der Waals surface area contributed by atoms with Crippen molar-refractivity contribution in [2.75, 3.05) is 13.2 Å². The van der Waals surface area contributed by atoms with Crippen LogP contribution in [0.5, 0.6) is 11.5 Å². The van der Waals surface area contributed by atoms with Crippen LogP contribution in [0.15, 0.2) is 77.3 Å². The Labute approximate surface area is 359 Å². The van der Waals surface area contributed by atoms with Gasteiger partial charge in [-0.2, -0.15) is 0 Å². The van der Waals surface area contributed by atoms with Gasteiger partial charge in [0.05, 0.1) is 36.3 Å². The lowest BCUT2D eigenvalue weighted by molar-refractivity contribution is -0.145. The molecule has 0 spiro atoms. The van der Waals surface area contributed by atoms with Gasteiger partial charge in [-0.15, -0.1) is 0 Å².